The van der Waals surface area contributed by atoms with Gasteiger partial charge in [0.05, 0.1) is 19.2 Å². The number of fused-ring (bicyclic) bond motifs is 1. The summed E-state index contributed by atoms with van der Waals surface area (Å²) in [5.74, 6) is 6.11. The van der Waals surface area contributed by atoms with E-state index >= 15 is 0 Å². The zero-order valence-corrected chi connectivity index (χ0v) is 15.8. The van der Waals surface area contributed by atoms with Crippen LogP contribution in [0.15, 0.2) is 54.6 Å². The molecular weight excluding hydrogens is 374 g/mol. The minimum Gasteiger partial charge on any atom is -0.496 e. The van der Waals surface area contributed by atoms with Crippen LogP contribution in [0.5, 0.6) is 5.75 Å². The van der Waals surface area contributed by atoms with Gasteiger partial charge in [-0.05, 0) is 24.3 Å². The molecule has 6 nitrogen and oxygen atoms in total. The molecular formula is C21H17N3O3S. The lowest BCUT2D eigenvalue weighted by Crippen LogP contribution is -2.24. The lowest BCUT2D eigenvalue weighted by molar-refractivity contribution is 0.0953. The highest BCUT2D eigenvalue weighted by atomic mass is 32.1. The van der Waals surface area contributed by atoms with E-state index in [-0.39, 0.29) is 23.1 Å². The monoisotopic (exact) mass is 391 g/mol. The van der Waals surface area contributed by atoms with Crippen molar-refractivity contribution >= 4 is 34.0 Å². The maximum Gasteiger partial charge on any atom is 0.270 e. The molecule has 0 saturated carbocycles. The predicted molar refractivity (Wildman–Crippen MR) is 111 cm³/mol. The molecule has 0 aliphatic rings. The summed E-state index contributed by atoms with van der Waals surface area (Å²) in [6.07, 6.45) is 0. The average molecular weight is 391 g/mol. The smallest absolute Gasteiger partial charge is 0.270 e. The number of methoxy groups -OCH3 is 1. The fourth-order valence-electron chi connectivity index (χ4n) is 2.56. The van der Waals surface area contributed by atoms with Gasteiger partial charge in [-0.1, -0.05) is 48.3 Å². The fourth-order valence-corrected chi connectivity index (χ4v) is 2.70. The second-order valence-electron chi connectivity index (χ2n) is 5.73. The van der Waals surface area contributed by atoms with Gasteiger partial charge >= 0.3 is 0 Å². The van der Waals surface area contributed by atoms with Crippen molar-refractivity contribution in [3.8, 4) is 17.6 Å². The van der Waals surface area contributed by atoms with Crippen LogP contribution in [-0.4, -0.2) is 34.7 Å². The first-order valence-electron chi connectivity index (χ1n) is 8.37. The van der Waals surface area contributed by atoms with E-state index in [0.29, 0.717) is 16.8 Å². The quantitative estimate of drug-likeness (QED) is 0.360. The molecule has 0 unspecified atom stereocenters. The van der Waals surface area contributed by atoms with E-state index in [1.54, 1.807) is 37.4 Å². The molecule has 0 fully saturated rings. The predicted octanol–water partition coefficient (Wildman–Crippen LogP) is 2.68. The van der Waals surface area contributed by atoms with Gasteiger partial charge in [-0.3, -0.25) is 15.5 Å². The van der Waals surface area contributed by atoms with Crippen molar-refractivity contribution in [2.75, 3.05) is 13.7 Å². The first-order valence-corrected chi connectivity index (χ1v) is 8.78. The fraction of sp³-hybridized carbons (Fsp3) is 0.0952. The molecule has 2 aromatic carbocycles. The van der Waals surface area contributed by atoms with Gasteiger partial charge < -0.3 is 10.1 Å². The van der Waals surface area contributed by atoms with Crippen LogP contribution in [-0.2, 0) is 0 Å². The van der Waals surface area contributed by atoms with Crippen LogP contribution in [0.25, 0.3) is 10.9 Å². The van der Waals surface area contributed by atoms with Gasteiger partial charge in [0, 0.05) is 22.6 Å². The number of pyridine rings is 1. The highest BCUT2D eigenvalue weighted by Gasteiger charge is 2.11. The summed E-state index contributed by atoms with van der Waals surface area (Å²) in [4.78, 5) is 17.0. The number of thiocarbonyl (C=S) groups is 1. The highest BCUT2D eigenvalue weighted by Crippen LogP contribution is 2.24. The second-order valence-corrected chi connectivity index (χ2v) is 6.14. The Morgan fingerprint density at radius 1 is 1.21 bits per heavy atom. The number of para-hydroxylation sites is 1. The van der Waals surface area contributed by atoms with Crippen molar-refractivity contribution in [3.63, 3.8) is 0 Å². The van der Waals surface area contributed by atoms with Crippen molar-refractivity contribution in [1.82, 2.24) is 15.8 Å². The number of nitrogens with one attached hydrogen (secondary N) is 2. The number of carbonyl (C=O) groups excluding carboxylic acids is 1. The Labute approximate surface area is 167 Å². The molecule has 0 aliphatic carbocycles. The van der Waals surface area contributed by atoms with Gasteiger partial charge in [0.2, 0.25) is 0 Å². The summed E-state index contributed by atoms with van der Waals surface area (Å²) in [7, 11) is 1.56. The zero-order chi connectivity index (χ0) is 19.9. The summed E-state index contributed by atoms with van der Waals surface area (Å²) in [5, 5.41) is 12.4. The maximum atomic E-state index is 12.4. The number of carbonyl (C=O) groups is 1. The molecule has 3 rings (SSSR count). The third-order valence-electron chi connectivity index (χ3n) is 3.95. The number of hydroxylamine groups is 1. The van der Waals surface area contributed by atoms with Crippen molar-refractivity contribution < 1.29 is 14.7 Å². The molecule has 0 spiro atoms. The van der Waals surface area contributed by atoms with Crippen molar-refractivity contribution in [3.05, 3.63) is 71.4 Å². The molecule has 140 valence electrons. The van der Waals surface area contributed by atoms with E-state index in [2.05, 4.69) is 22.1 Å². The average Bonchev–Trinajstić information content (AvgIpc) is 2.75. The van der Waals surface area contributed by atoms with E-state index in [1.165, 1.54) is 0 Å². The van der Waals surface area contributed by atoms with Gasteiger partial charge in [-0.2, -0.15) is 0 Å². The number of ether oxygens (including phenoxy) is 1. The Bertz CT molecular complexity index is 1090. The van der Waals surface area contributed by atoms with Crippen molar-refractivity contribution in [2.45, 2.75) is 0 Å². The minimum absolute atomic E-state index is 0.175. The third kappa shape index (κ3) is 4.43. The number of nitrogens with zero attached hydrogens (tertiary/aromatic N) is 1. The van der Waals surface area contributed by atoms with E-state index in [9.17, 15) is 4.79 Å². The van der Waals surface area contributed by atoms with Crippen LogP contribution in [0.1, 0.15) is 21.6 Å². The maximum absolute atomic E-state index is 12.4. The molecule has 3 N–H and O–H groups in total. The number of benzene rings is 2. The molecule has 28 heavy (non-hydrogen) atoms. The molecule has 0 aliphatic heterocycles. The first-order chi connectivity index (χ1) is 13.6. The van der Waals surface area contributed by atoms with Crippen LogP contribution in [0.4, 0.5) is 0 Å². The first kappa shape index (κ1) is 19.3. The summed E-state index contributed by atoms with van der Waals surface area (Å²) in [5.41, 5.74) is 4.35. The molecule has 0 saturated heterocycles. The lowest BCUT2D eigenvalue weighted by atomic mass is 10.1. The van der Waals surface area contributed by atoms with E-state index in [0.717, 1.165) is 10.9 Å². The molecule has 1 amide bonds. The van der Waals surface area contributed by atoms with E-state index in [4.69, 9.17) is 22.2 Å². The van der Waals surface area contributed by atoms with Crippen LogP contribution in [0.2, 0.25) is 0 Å². The Kier molecular flexibility index (Phi) is 6.17. The molecule has 3 aromatic rings. The molecule has 0 radical (unpaired) electrons. The molecule has 1 heterocycles. The molecule has 0 atom stereocenters. The van der Waals surface area contributed by atoms with Gasteiger partial charge in [-0.25, -0.2) is 4.98 Å². The van der Waals surface area contributed by atoms with Crippen molar-refractivity contribution in [1.29, 1.82) is 0 Å². The SMILES string of the molecule is COc1cc(C(=O)NCC#Cc2ccc(C(=S)NO)cc2)nc2ccccc12. The minimum atomic E-state index is -0.326. The van der Waals surface area contributed by atoms with E-state index < -0.39 is 0 Å². The summed E-state index contributed by atoms with van der Waals surface area (Å²) < 4.78 is 5.36. The molecule has 0 bridgehead atoms. The number of hydrogen-bond acceptors (Lipinski definition) is 5. The Morgan fingerprint density at radius 3 is 2.68 bits per heavy atom. The van der Waals surface area contributed by atoms with Crippen LogP contribution >= 0.6 is 12.2 Å². The highest BCUT2D eigenvalue weighted by molar-refractivity contribution is 7.80. The van der Waals surface area contributed by atoms with Gasteiger partial charge in [-0.15, -0.1) is 0 Å². The van der Waals surface area contributed by atoms with Crippen LogP contribution in [0.3, 0.4) is 0 Å². The van der Waals surface area contributed by atoms with Gasteiger partial charge in [0.25, 0.3) is 5.91 Å². The number of hydrogen-bond donors (Lipinski definition) is 3. The molecule has 7 heteroatoms. The normalized spacial score (nSPS) is 9.93. The third-order valence-corrected chi connectivity index (χ3v) is 4.28. The summed E-state index contributed by atoms with van der Waals surface area (Å²) in [6.45, 7) is 0.175. The Balaban J connectivity index is 1.66. The number of aromatic nitrogens is 1. The second kappa shape index (κ2) is 8.95. The zero-order valence-electron chi connectivity index (χ0n) is 15.0. The van der Waals surface area contributed by atoms with Crippen molar-refractivity contribution in [2.24, 2.45) is 0 Å². The number of amides is 1. The summed E-state index contributed by atoms with van der Waals surface area (Å²) in [6, 6.07) is 16.1. The standard InChI is InChI=1S/C21H17N3O3S/c1-27-19-13-18(23-17-7-3-2-6-16(17)19)20(25)22-12-4-5-14-8-10-15(11-9-14)21(28)24-26/h2-3,6-11,13,26H,12H2,1H3,(H,22,25)(H,24,28). The molecule has 1 aromatic heterocycles. The largest absolute Gasteiger partial charge is 0.496 e. The van der Waals surface area contributed by atoms with Gasteiger partial charge in [0.15, 0.2) is 0 Å². The number of rotatable bonds is 4. The van der Waals surface area contributed by atoms with Crippen LogP contribution < -0.4 is 15.5 Å². The Morgan fingerprint density at radius 2 is 1.96 bits per heavy atom. The van der Waals surface area contributed by atoms with Crippen LogP contribution in [0, 0.1) is 11.8 Å². The topological polar surface area (TPSA) is 83.5 Å². The van der Waals surface area contributed by atoms with E-state index in [1.807, 2.05) is 29.7 Å². The Hall–Kier alpha value is -3.47. The lowest BCUT2D eigenvalue weighted by Gasteiger charge is -2.08. The summed E-state index contributed by atoms with van der Waals surface area (Å²) >= 11 is 4.93. The van der Waals surface area contributed by atoms with Gasteiger partial charge in [0.1, 0.15) is 16.4 Å².